The SMILES string of the molecule is O=C(CCCN1CCCC1)N1CCN(CC(F)(F)F)CC1. The Hall–Kier alpha value is -0.820. The van der Waals surface area contributed by atoms with E-state index in [9.17, 15) is 18.0 Å². The fraction of sp³-hybridized carbons (Fsp3) is 0.929. The van der Waals surface area contributed by atoms with Crippen molar-refractivity contribution < 1.29 is 18.0 Å². The van der Waals surface area contributed by atoms with Crippen molar-refractivity contribution in [3.05, 3.63) is 0 Å². The van der Waals surface area contributed by atoms with Gasteiger partial charge in [0, 0.05) is 32.6 Å². The number of piperazine rings is 1. The van der Waals surface area contributed by atoms with Gasteiger partial charge in [-0.25, -0.2) is 0 Å². The van der Waals surface area contributed by atoms with E-state index < -0.39 is 12.7 Å². The molecule has 0 atom stereocenters. The highest BCUT2D eigenvalue weighted by atomic mass is 19.4. The maximum Gasteiger partial charge on any atom is 0.401 e. The van der Waals surface area contributed by atoms with E-state index in [1.54, 1.807) is 4.90 Å². The molecule has 0 saturated carbocycles. The molecule has 0 aromatic heterocycles. The number of rotatable bonds is 5. The molecule has 2 fully saturated rings. The normalized spacial score (nSPS) is 22.0. The van der Waals surface area contributed by atoms with Crippen molar-refractivity contribution in [2.45, 2.75) is 31.9 Å². The molecule has 0 aromatic carbocycles. The summed E-state index contributed by atoms with van der Waals surface area (Å²) >= 11 is 0. The molecule has 122 valence electrons. The number of hydrogen-bond acceptors (Lipinski definition) is 3. The number of halogens is 3. The summed E-state index contributed by atoms with van der Waals surface area (Å²) in [6.45, 7) is 3.81. The zero-order valence-electron chi connectivity index (χ0n) is 12.4. The number of amides is 1. The second kappa shape index (κ2) is 7.45. The Kier molecular flexibility index (Phi) is 5.87. The Labute approximate surface area is 123 Å². The summed E-state index contributed by atoms with van der Waals surface area (Å²) in [6, 6.07) is 0. The third-order valence-corrected chi connectivity index (χ3v) is 4.19. The van der Waals surface area contributed by atoms with Gasteiger partial charge in [0.2, 0.25) is 5.91 Å². The van der Waals surface area contributed by atoms with Crippen LogP contribution in [0, 0.1) is 0 Å². The lowest BCUT2D eigenvalue weighted by Gasteiger charge is -2.35. The molecule has 2 aliphatic rings. The van der Waals surface area contributed by atoms with E-state index in [-0.39, 0.29) is 5.91 Å². The first-order valence-corrected chi connectivity index (χ1v) is 7.73. The molecular weight excluding hydrogens is 283 g/mol. The van der Waals surface area contributed by atoms with E-state index >= 15 is 0 Å². The quantitative estimate of drug-likeness (QED) is 0.771. The molecule has 21 heavy (non-hydrogen) atoms. The van der Waals surface area contributed by atoms with Crippen LogP contribution in [0.25, 0.3) is 0 Å². The number of carbonyl (C=O) groups is 1. The highest BCUT2D eigenvalue weighted by Crippen LogP contribution is 2.17. The van der Waals surface area contributed by atoms with E-state index in [0.29, 0.717) is 32.6 Å². The monoisotopic (exact) mass is 307 g/mol. The van der Waals surface area contributed by atoms with Gasteiger partial charge in [0.1, 0.15) is 0 Å². The largest absolute Gasteiger partial charge is 0.401 e. The van der Waals surface area contributed by atoms with Crippen LogP contribution < -0.4 is 0 Å². The molecule has 2 saturated heterocycles. The molecule has 0 radical (unpaired) electrons. The minimum Gasteiger partial charge on any atom is -0.340 e. The van der Waals surface area contributed by atoms with Crippen molar-refractivity contribution in [3.8, 4) is 0 Å². The first kappa shape index (κ1) is 16.5. The fourth-order valence-corrected chi connectivity index (χ4v) is 3.03. The van der Waals surface area contributed by atoms with Gasteiger partial charge in [-0.1, -0.05) is 0 Å². The van der Waals surface area contributed by atoms with Gasteiger partial charge in [0.25, 0.3) is 0 Å². The van der Waals surface area contributed by atoms with E-state index in [4.69, 9.17) is 0 Å². The van der Waals surface area contributed by atoms with Gasteiger partial charge in [-0.15, -0.1) is 0 Å². The molecule has 4 nitrogen and oxygen atoms in total. The Morgan fingerprint density at radius 3 is 2.10 bits per heavy atom. The van der Waals surface area contributed by atoms with E-state index in [1.807, 2.05) is 0 Å². The summed E-state index contributed by atoms with van der Waals surface area (Å²) in [5.41, 5.74) is 0. The highest BCUT2D eigenvalue weighted by Gasteiger charge is 2.32. The van der Waals surface area contributed by atoms with E-state index in [0.717, 1.165) is 26.1 Å². The summed E-state index contributed by atoms with van der Waals surface area (Å²) in [7, 11) is 0. The van der Waals surface area contributed by atoms with Crippen molar-refractivity contribution in [3.63, 3.8) is 0 Å². The molecular formula is C14H24F3N3O. The van der Waals surface area contributed by atoms with Crippen molar-refractivity contribution in [2.75, 3.05) is 52.4 Å². The summed E-state index contributed by atoms with van der Waals surface area (Å²) in [4.78, 5) is 17.5. The Bertz CT molecular complexity index is 335. The molecule has 2 rings (SSSR count). The number of nitrogens with zero attached hydrogens (tertiary/aromatic N) is 3. The first-order chi connectivity index (χ1) is 9.94. The lowest BCUT2D eigenvalue weighted by Crippen LogP contribution is -2.50. The minimum atomic E-state index is -4.15. The number of hydrogen-bond donors (Lipinski definition) is 0. The van der Waals surface area contributed by atoms with E-state index in [1.165, 1.54) is 17.7 Å². The summed E-state index contributed by atoms with van der Waals surface area (Å²) in [5.74, 6) is 0.0841. The Morgan fingerprint density at radius 1 is 0.905 bits per heavy atom. The Morgan fingerprint density at radius 2 is 1.52 bits per heavy atom. The Balaban J connectivity index is 1.61. The van der Waals surface area contributed by atoms with Crippen LogP contribution in [-0.2, 0) is 4.79 Å². The summed E-state index contributed by atoms with van der Waals surface area (Å²) in [5, 5.41) is 0. The molecule has 0 N–H and O–H groups in total. The lowest BCUT2D eigenvalue weighted by molar-refractivity contribution is -0.151. The topological polar surface area (TPSA) is 26.8 Å². The number of alkyl halides is 3. The fourth-order valence-electron chi connectivity index (χ4n) is 3.03. The van der Waals surface area contributed by atoms with Crippen LogP contribution >= 0.6 is 0 Å². The minimum absolute atomic E-state index is 0.0841. The third kappa shape index (κ3) is 5.82. The maximum atomic E-state index is 12.3. The molecule has 2 heterocycles. The summed E-state index contributed by atoms with van der Waals surface area (Å²) < 4.78 is 36.9. The second-order valence-corrected chi connectivity index (χ2v) is 5.92. The summed E-state index contributed by atoms with van der Waals surface area (Å²) in [6.07, 6.45) is -0.302. The predicted octanol–water partition coefficient (Wildman–Crippen LogP) is 1.57. The number of carbonyl (C=O) groups excluding carboxylic acids is 1. The van der Waals surface area contributed by atoms with Gasteiger partial charge in [-0.3, -0.25) is 9.69 Å². The van der Waals surface area contributed by atoms with Crippen LogP contribution in [0.5, 0.6) is 0 Å². The zero-order valence-corrected chi connectivity index (χ0v) is 12.4. The van der Waals surface area contributed by atoms with Crippen LogP contribution in [0.4, 0.5) is 13.2 Å². The third-order valence-electron chi connectivity index (χ3n) is 4.19. The standard InChI is InChI=1S/C14H24F3N3O/c15-14(16,17)12-19-8-10-20(11-9-19)13(21)4-3-7-18-5-1-2-6-18/h1-12H2. The van der Waals surface area contributed by atoms with Crippen LogP contribution in [0.2, 0.25) is 0 Å². The molecule has 1 amide bonds. The molecule has 0 unspecified atom stereocenters. The molecule has 0 aromatic rings. The lowest BCUT2D eigenvalue weighted by atomic mass is 10.2. The molecule has 0 aliphatic carbocycles. The molecule has 0 spiro atoms. The predicted molar refractivity (Wildman–Crippen MR) is 74.0 cm³/mol. The van der Waals surface area contributed by atoms with Crippen LogP contribution in [0.15, 0.2) is 0 Å². The van der Waals surface area contributed by atoms with E-state index in [2.05, 4.69) is 4.90 Å². The van der Waals surface area contributed by atoms with Crippen molar-refractivity contribution >= 4 is 5.91 Å². The van der Waals surface area contributed by atoms with Gasteiger partial charge in [-0.05, 0) is 38.9 Å². The van der Waals surface area contributed by atoms with Crippen molar-refractivity contribution in [1.82, 2.24) is 14.7 Å². The smallest absolute Gasteiger partial charge is 0.340 e. The van der Waals surface area contributed by atoms with Crippen molar-refractivity contribution in [1.29, 1.82) is 0 Å². The molecule has 2 aliphatic heterocycles. The van der Waals surface area contributed by atoms with Gasteiger partial charge in [0.15, 0.2) is 0 Å². The second-order valence-electron chi connectivity index (χ2n) is 5.92. The van der Waals surface area contributed by atoms with Gasteiger partial charge in [0.05, 0.1) is 6.54 Å². The zero-order chi connectivity index (χ0) is 15.3. The van der Waals surface area contributed by atoms with Gasteiger partial charge >= 0.3 is 6.18 Å². The highest BCUT2D eigenvalue weighted by molar-refractivity contribution is 5.76. The first-order valence-electron chi connectivity index (χ1n) is 7.73. The van der Waals surface area contributed by atoms with Gasteiger partial charge < -0.3 is 9.80 Å². The molecule has 0 bridgehead atoms. The van der Waals surface area contributed by atoms with Crippen LogP contribution in [0.3, 0.4) is 0 Å². The number of likely N-dealkylation sites (tertiary alicyclic amines) is 1. The average molecular weight is 307 g/mol. The van der Waals surface area contributed by atoms with Crippen molar-refractivity contribution in [2.24, 2.45) is 0 Å². The maximum absolute atomic E-state index is 12.3. The van der Waals surface area contributed by atoms with Gasteiger partial charge in [-0.2, -0.15) is 13.2 Å². The average Bonchev–Trinajstić information content (AvgIpc) is 2.91. The molecule has 7 heteroatoms. The van der Waals surface area contributed by atoms with Crippen LogP contribution in [0.1, 0.15) is 25.7 Å². The van der Waals surface area contributed by atoms with Crippen LogP contribution in [-0.4, -0.2) is 79.1 Å².